The van der Waals surface area contributed by atoms with E-state index in [9.17, 15) is 13.6 Å². The summed E-state index contributed by atoms with van der Waals surface area (Å²) < 4.78 is 27.1. The highest BCUT2D eigenvalue weighted by molar-refractivity contribution is 5.82. The number of hydrogen-bond donors (Lipinski definition) is 1. The summed E-state index contributed by atoms with van der Waals surface area (Å²) >= 11 is 0. The van der Waals surface area contributed by atoms with Gasteiger partial charge in [-0.3, -0.25) is 9.78 Å². The van der Waals surface area contributed by atoms with E-state index in [-0.39, 0.29) is 6.42 Å². The van der Waals surface area contributed by atoms with E-state index in [1.807, 2.05) is 0 Å². The minimum atomic E-state index is -0.986. The predicted molar refractivity (Wildman–Crippen MR) is 86.4 cm³/mol. The number of hydrogen-bond acceptors (Lipinski definition) is 2. The van der Waals surface area contributed by atoms with E-state index >= 15 is 0 Å². The van der Waals surface area contributed by atoms with Crippen molar-refractivity contribution in [2.24, 2.45) is 0 Å². The molecule has 3 nitrogen and oxygen atoms in total. The molecule has 0 spiro atoms. The molecule has 0 bridgehead atoms. The number of aliphatic carboxylic acids is 1. The molecule has 0 saturated heterocycles. The van der Waals surface area contributed by atoms with Crippen LogP contribution in [0.2, 0.25) is 0 Å². The Kier molecular flexibility index (Phi) is 4.33. The maximum atomic E-state index is 13.6. The van der Waals surface area contributed by atoms with Crippen LogP contribution in [-0.2, 0) is 11.2 Å². The zero-order valence-corrected chi connectivity index (χ0v) is 12.5. The third kappa shape index (κ3) is 3.46. The maximum Gasteiger partial charge on any atom is 0.307 e. The van der Waals surface area contributed by atoms with Crippen LogP contribution >= 0.6 is 0 Å². The molecule has 0 fully saturated rings. The van der Waals surface area contributed by atoms with Crippen molar-refractivity contribution >= 4 is 5.97 Å². The third-order valence-corrected chi connectivity index (χ3v) is 3.53. The lowest BCUT2D eigenvalue weighted by atomic mass is 9.97. The first-order valence-corrected chi connectivity index (χ1v) is 7.25. The number of carbonyl (C=O) groups is 1. The molecule has 0 unspecified atom stereocenters. The Hall–Kier alpha value is -3.08. The average molecular weight is 325 g/mol. The van der Waals surface area contributed by atoms with Crippen LogP contribution in [0.15, 0.2) is 60.8 Å². The largest absolute Gasteiger partial charge is 0.481 e. The second kappa shape index (κ2) is 6.58. The van der Waals surface area contributed by atoms with Gasteiger partial charge in [0, 0.05) is 17.3 Å². The maximum absolute atomic E-state index is 13.6. The van der Waals surface area contributed by atoms with Crippen LogP contribution in [0.3, 0.4) is 0 Å². The first kappa shape index (κ1) is 15.8. The minimum absolute atomic E-state index is 0.196. The topological polar surface area (TPSA) is 50.2 Å². The fraction of sp³-hybridized carbons (Fsp3) is 0.0526. The Labute approximate surface area is 137 Å². The van der Waals surface area contributed by atoms with Gasteiger partial charge in [0.05, 0.1) is 12.1 Å². The van der Waals surface area contributed by atoms with E-state index in [0.29, 0.717) is 27.9 Å². The van der Waals surface area contributed by atoms with Gasteiger partial charge in [-0.25, -0.2) is 8.78 Å². The zero-order chi connectivity index (χ0) is 17.1. The number of pyridine rings is 1. The highest BCUT2D eigenvalue weighted by Crippen LogP contribution is 2.32. The van der Waals surface area contributed by atoms with E-state index in [2.05, 4.69) is 4.98 Å². The summed E-state index contributed by atoms with van der Waals surface area (Å²) in [6.45, 7) is 0. The molecular weight excluding hydrogens is 312 g/mol. The second-order valence-electron chi connectivity index (χ2n) is 5.33. The molecule has 0 amide bonds. The van der Waals surface area contributed by atoms with Crippen molar-refractivity contribution in [1.82, 2.24) is 4.98 Å². The molecule has 1 N–H and O–H groups in total. The average Bonchev–Trinajstić information content (AvgIpc) is 2.54. The van der Waals surface area contributed by atoms with Crippen LogP contribution in [0, 0.1) is 11.6 Å². The van der Waals surface area contributed by atoms with Crippen molar-refractivity contribution in [3.05, 3.63) is 78.0 Å². The molecule has 0 radical (unpaired) electrons. The molecule has 120 valence electrons. The lowest BCUT2D eigenvalue weighted by Crippen LogP contribution is -2.02. The van der Waals surface area contributed by atoms with E-state index in [1.165, 1.54) is 30.5 Å². The molecule has 1 heterocycles. The smallest absolute Gasteiger partial charge is 0.307 e. The number of aromatic nitrogens is 1. The summed E-state index contributed by atoms with van der Waals surface area (Å²) in [7, 11) is 0. The Morgan fingerprint density at radius 3 is 2.21 bits per heavy atom. The van der Waals surface area contributed by atoms with Gasteiger partial charge in [-0.1, -0.05) is 24.3 Å². The van der Waals surface area contributed by atoms with Gasteiger partial charge >= 0.3 is 5.97 Å². The molecule has 0 aliphatic heterocycles. The van der Waals surface area contributed by atoms with Crippen LogP contribution in [0.1, 0.15) is 5.56 Å². The second-order valence-corrected chi connectivity index (χ2v) is 5.33. The van der Waals surface area contributed by atoms with E-state index < -0.39 is 17.6 Å². The number of benzene rings is 2. The van der Waals surface area contributed by atoms with E-state index in [4.69, 9.17) is 5.11 Å². The van der Waals surface area contributed by atoms with Crippen LogP contribution in [0.5, 0.6) is 0 Å². The molecule has 5 heteroatoms. The number of carboxylic acids is 1. The lowest BCUT2D eigenvalue weighted by Gasteiger charge is -2.11. The molecule has 0 aliphatic rings. The fourth-order valence-corrected chi connectivity index (χ4v) is 2.52. The number of rotatable bonds is 4. The van der Waals surface area contributed by atoms with Crippen LogP contribution in [0.25, 0.3) is 22.4 Å². The van der Waals surface area contributed by atoms with Crippen LogP contribution < -0.4 is 0 Å². The van der Waals surface area contributed by atoms with Gasteiger partial charge in [0.25, 0.3) is 0 Å². The van der Waals surface area contributed by atoms with Gasteiger partial charge in [-0.2, -0.15) is 0 Å². The normalized spacial score (nSPS) is 10.6. The van der Waals surface area contributed by atoms with Crippen molar-refractivity contribution in [2.45, 2.75) is 6.42 Å². The monoisotopic (exact) mass is 325 g/mol. The minimum Gasteiger partial charge on any atom is -0.481 e. The van der Waals surface area contributed by atoms with Gasteiger partial charge in [0.1, 0.15) is 11.6 Å². The van der Waals surface area contributed by atoms with Gasteiger partial charge in [0.2, 0.25) is 0 Å². The lowest BCUT2D eigenvalue weighted by molar-refractivity contribution is -0.136. The zero-order valence-electron chi connectivity index (χ0n) is 12.5. The molecular formula is C19H13F2NO2. The Bertz CT molecular complexity index is 909. The summed E-state index contributed by atoms with van der Waals surface area (Å²) in [6, 6.07) is 13.5. The first-order chi connectivity index (χ1) is 11.5. The van der Waals surface area contributed by atoms with Gasteiger partial charge < -0.3 is 5.11 Å². The molecule has 2 aromatic carbocycles. The Morgan fingerprint density at radius 1 is 0.958 bits per heavy atom. The quantitative estimate of drug-likeness (QED) is 0.777. The van der Waals surface area contributed by atoms with Crippen LogP contribution in [-0.4, -0.2) is 16.1 Å². The molecule has 0 atom stereocenters. The predicted octanol–water partition coefficient (Wildman–Crippen LogP) is 4.32. The Morgan fingerprint density at radius 2 is 1.58 bits per heavy atom. The highest BCUT2D eigenvalue weighted by atomic mass is 19.1. The first-order valence-electron chi connectivity index (χ1n) is 7.25. The number of halogens is 2. The molecule has 3 rings (SSSR count). The van der Waals surface area contributed by atoms with Crippen molar-refractivity contribution < 1.29 is 18.7 Å². The van der Waals surface area contributed by atoms with Crippen molar-refractivity contribution in [2.75, 3.05) is 0 Å². The molecule has 24 heavy (non-hydrogen) atoms. The summed E-state index contributed by atoms with van der Waals surface area (Å²) in [4.78, 5) is 15.2. The summed E-state index contributed by atoms with van der Waals surface area (Å²) in [6.07, 6.45) is 1.25. The SMILES string of the molecule is O=C(O)Cc1cnc(-c2cccc(F)c2)c(-c2cccc(F)c2)c1. The van der Waals surface area contributed by atoms with Crippen molar-refractivity contribution in [3.8, 4) is 22.4 Å². The highest BCUT2D eigenvalue weighted by Gasteiger charge is 2.13. The fourth-order valence-electron chi connectivity index (χ4n) is 2.52. The number of carboxylic acid groups (broad SMARTS) is 1. The molecule has 0 aliphatic carbocycles. The standard InChI is InChI=1S/C19H13F2NO2/c20-15-5-1-3-13(9-15)17-7-12(8-18(23)24)11-22-19(17)14-4-2-6-16(21)10-14/h1-7,9-11H,8H2,(H,23,24). The molecule has 3 aromatic rings. The van der Waals surface area contributed by atoms with Gasteiger partial charge in [-0.05, 0) is 41.5 Å². The molecule has 0 saturated carbocycles. The summed E-state index contributed by atoms with van der Waals surface area (Å²) in [5.74, 6) is -1.81. The molecule has 1 aromatic heterocycles. The van der Waals surface area contributed by atoms with Gasteiger partial charge in [-0.15, -0.1) is 0 Å². The van der Waals surface area contributed by atoms with Crippen LogP contribution in [0.4, 0.5) is 8.78 Å². The van der Waals surface area contributed by atoms with E-state index in [1.54, 1.807) is 30.3 Å². The van der Waals surface area contributed by atoms with Crippen molar-refractivity contribution in [1.29, 1.82) is 0 Å². The third-order valence-electron chi connectivity index (χ3n) is 3.53. The van der Waals surface area contributed by atoms with Gasteiger partial charge in [0.15, 0.2) is 0 Å². The summed E-state index contributed by atoms with van der Waals surface area (Å²) in [5, 5.41) is 8.96. The Balaban J connectivity index is 2.19. The van der Waals surface area contributed by atoms with E-state index in [0.717, 1.165) is 0 Å². The van der Waals surface area contributed by atoms with Crippen molar-refractivity contribution in [3.63, 3.8) is 0 Å². The number of nitrogens with zero attached hydrogens (tertiary/aromatic N) is 1. The summed E-state index contributed by atoms with van der Waals surface area (Å²) in [5.41, 5.74) is 2.60.